The van der Waals surface area contributed by atoms with Crippen LogP contribution in [0.1, 0.15) is 44.2 Å². The van der Waals surface area contributed by atoms with E-state index in [4.69, 9.17) is 15.7 Å². The van der Waals surface area contributed by atoms with E-state index in [2.05, 4.69) is 19.0 Å². The summed E-state index contributed by atoms with van der Waals surface area (Å²) in [5, 5.41) is 11.7. The first-order valence-corrected chi connectivity index (χ1v) is 7.27. The molecule has 0 amide bonds. The molecule has 4 nitrogen and oxygen atoms in total. The normalized spacial score (nSPS) is 27.5. The minimum absolute atomic E-state index is 0.131. The van der Waals surface area contributed by atoms with Gasteiger partial charge >= 0.3 is 0 Å². The Labute approximate surface area is 120 Å². The molecule has 0 spiro atoms. The fraction of sp³-hybridized carbons (Fsp3) is 0.562. The van der Waals surface area contributed by atoms with Crippen LogP contribution in [0.25, 0.3) is 0 Å². The Morgan fingerprint density at radius 2 is 2.00 bits per heavy atom. The maximum atomic E-state index is 8.70. The molecule has 1 aliphatic rings. The van der Waals surface area contributed by atoms with Crippen LogP contribution in [0, 0.1) is 11.8 Å². The van der Waals surface area contributed by atoms with Gasteiger partial charge in [0.1, 0.15) is 0 Å². The summed E-state index contributed by atoms with van der Waals surface area (Å²) in [5.41, 5.74) is 7.37. The van der Waals surface area contributed by atoms with Crippen molar-refractivity contribution in [3.63, 3.8) is 0 Å². The van der Waals surface area contributed by atoms with E-state index in [0.717, 1.165) is 35.8 Å². The second-order valence-electron chi connectivity index (χ2n) is 6.04. The molecule has 1 aromatic rings. The molecule has 1 aromatic carbocycles. The van der Waals surface area contributed by atoms with Crippen LogP contribution in [0.15, 0.2) is 29.4 Å². The zero-order valence-electron chi connectivity index (χ0n) is 12.2. The fourth-order valence-corrected chi connectivity index (χ4v) is 3.10. The van der Waals surface area contributed by atoms with E-state index < -0.39 is 0 Å². The predicted octanol–water partition coefficient (Wildman–Crippen LogP) is 3.12. The Balaban J connectivity index is 1.94. The van der Waals surface area contributed by atoms with Gasteiger partial charge in [-0.05, 0) is 42.7 Å². The summed E-state index contributed by atoms with van der Waals surface area (Å²) in [6, 6.07) is 7.63. The molecule has 2 atom stereocenters. The lowest BCUT2D eigenvalue weighted by molar-refractivity contribution is -0.00915. The van der Waals surface area contributed by atoms with E-state index in [9.17, 15) is 0 Å². The lowest BCUT2D eigenvalue weighted by Crippen LogP contribution is -2.26. The number of nitrogens with two attached hydrogens (primary N) is 1. The molecule has 0 heterocycles. The minimum atomic E-state index is 0.131. The second-order valence-corrected chi connectivity index (χ2v) is 6.04. The van der Waals surface area contributed by atoms with Crippen LogP contribution in [0.4, 0.5) is 0 Å². The number of amidine groups is 1. The highest BCUT2D eigenvalue weighted by molar-refractivity contribution is 5.97. The second kappa shape index (κ2) is 6.75. The largest absolute Gasteiger partial charge is 0.409 e. The maximum absolute atomic E-state index is 8.70. The molecule has 1 aliphatic carbocycles. The molecule has 1 fully saturated rings. The van der Waals surface area contributed by atoms with Gasteiger partial charge in [0.25, 0.3) is 0 Å². The van der Waals surface area contributed by atoms with Gasteiger partial charge in [-0.2, -0.15) is 0 Å². The van der Waals surface area contributed by atoms with Crippen LogP contribution < -0.4 is 5.73 Å². The third-order valence-electron chi connectivity index (χ3n) is 3.95. The molecule has 0 aliphatic heterocycles. The van der Waals surface area contributed by atoms with Crippen molar-refractivity contribution >= 4 is 5.84 Å². The van der Waals surface area contributed by atoms with Crippen LogP contribution >= 0.6 is 0 Å². The Morgan fingerprint density at radius 3 is 2.65 bits per heavy atom. The van der Waals surface area contributed by atoms with Gasteiger partial charge in [-0.15, -0.1) is 0 Å². The average Bonchev–Trinajstić information content (AvgIpc) is 2.43. The van der Waals surface area contributed by atoms with Gasteiger partial charge in [-0.3, -0.25) is 0 Å². The van der Waals surface area contributed by atoms with Crippen molar-refractivity contribution in [3.8, 4) is 0 Å². The van der Waals surface area contributed by atoms with Gasteiger partial charge < -0.3 is 15.7 Å². The van der Waals surface area contributed by atoms with Crippen LogP contribution in [-0.4, -0.2) is 17.1 Å². The zero-order valence-corrected chi connectivity index (χ0v) is 12.2. The van der Waals surface area contributed by atoms with E-state index in [0.29, 0.717) is 12.7 Å². The van der Waals surface area contributed by atoms with Crippen molar-refractivity contribution in [2.75, 3.05) is 0 Å². The number of hydrogen-bond acceptors (Lipinski definition) is 3. The molecule has 0 radical (unpaired) electrons. The van der Waals surface area contributed by atoms with Gasteiger partial charge in [0, 0.05) is 5.56 Å². The lowest BCUT2D eigenvalue weighted by Gasteiger charge is -2.31. The fourth-order valence-electron chi connectivity index (χ4n) is 3.10. The molecule has 0 aromatic heterocycles. The maximum Gasteiger partial charge on any atom is 0.170 e. The summed E-state index contributed by atoms with van der Waals surface area (Å²) < 4.78 is 6.04. The van der Waals surface area contributed by atoms with Crippen molar-refractivity contribution < 1.29 is 9.94 Å². The topological polar surface area (TPSA) is 67.8 Å². The first kappa shape index (κ1) is 14.9. The monoisotopic (exact) mass is 276 g/mol. The van der Waals surface area contributed by atoms with Crippen molar-refractivity contribution in [1.82, 2.24) is 0 Å². The van der Waals surface area contributed by atoms with E-state index in [1.54, 1.807) is 0 Å². The summed E-state index contributed by atoms with van der Waals surface area (Å²) in [4.78, 5) is 0. The van der Waals surface area contributed by atoms with Gasteiger partial charge in [0.05, 0.1) is 12.7 Å². The molecular formula is C16H24N2O2. The smallest absolute Gasteiger partial charge is 0.170 e. The van der Waals surface area contributed by atoms with Crippen LogP contribution in [0.3, 0.4) is 0 Å². The Morgan fingerprint density at radius 1 is 1.30 bits per heavy atom. The zero-order chi connectivity index (χ0) is 14.5. The molecule has 1 saturated carbocycles. The van der Waals surface area contributed by atoms with Crippen LogP contribution in [-0.2, 0) is 11.3 Å². The van der Waals surface area contributed by atoms with E-state index >= 15 is 0 Å². The van der Waals surface area contributed by atoms with E-state index in [1.165, 1.54) is 6.42 Å². The number of benzene rings is 1. The van der Waals surface area contributed by atoms with Gasteiger partial charge in [-0.25, -0.2) is 0 Å². The summed E-state index contributed by atoms with van der Waals surface area (Å²) in [6.07, 6.45) is 3.94. The van der Waals surface area contributed by atoms with Crippen molar-refractivity contribution in [2.24, 2.45) is 22.7 Å². The van der Waals surface area contributed by atoms with Gasteiger partial charge in [0.15, 0.2) is 5.84 Å². The van der Waals surface area contributed by atoms with Crippen molar-refractivity contribution in [1.29, 1.82) is 0 Å². The summed E-state index contributed by atoms with van der Waals surface area (Å²) >= 11 is 0. The molecule has 3 N–H and O–H groups in total. The third-order valence-corrected chi connectivity index (χ3v) is 3.95. The SMILES string of the molecule is CC1CC(C)CC(OCc2cccc(C(N)=NO)c2)C1. The number of rotatable bonds is 4. The number of oxime groups is 1. The summed E-state index contributed by atoms with van der Waals surface area (Å²) in [6.45, 7) is 5.17. The lowest BCUT2D eigenvalue weighted by atomic mass is 9.82. The quantitative estimate of drug-likeness (QED) is 0.384. The Hall–Kier alpha value is -1.55. The predicted molar refractivity (Wildman–Crippen MR) is 79.7 cm³/mol. The van der Waals surface area contributed by atoms with E-state index in [-0.39, 0.29) is 5.84 Å². The van der Waals surface area contributed by atoms with Crippen LogP contribution in [0.5, 0.6) is 0 Å². The Kier molecular flexibility index (Phi) is 5.01. The van der Waals surface area contributed by atoms with Crippen LogP contribution in [0.2, 0.25) is 0 Å². The highest BCUT2D eigenvalue weighted by Gasteiger charge is 2.24. The number of nitrogens with zero attached hydrogens (tertiary/aromatic N) is 1. The first-order chi connectivity index (χ1) is 9.58. The summed E-state index contributed by atoms with van der Waals surface area (Å²) in [5.74, 6) is 1.62. The molecule has 0 saturated heterocycles. The van der Waals surface area contributed by atoms with Crippen molar-refractivity contribution in [3.05, 3.63) is 35.4 Å². The third kappa shape index (κ3) is 3.97. The molecule has 110 valence electrons. The highest BCUT2D eigenvalue weighted by atomic mass is 16.5. The number of hydrogen-bond donors (Lipinski definition) is 2. The highest BCUT2D eigenvalue weighted by Crippen LogP contribution is 2.30. The van der Waals surface area contributed by atoms with Gasteiger partial charge in [0.2, 0.25) is 0 Å². The average molecular weight is 276 g/mol. The molecule has 20 heavy (non-hydrogen) atoms. The molecular weight excluding hydrogens is 252 g/mol. The molecule has 2 unspecified atom stereocenters. The molecule has 2 rings (SSSR count). The minimum Gasteiger partial charge on any atom is -0.409 e. The van der Waals surface area contributed by atoms with Gasteiger partial charge in [-0.1, -0.05) is 37.2 Å². The standard InChI is InChI=1S/C16H24N2O2/c1-11-6-12(2)8-15(7-11)20-10-13-4-3-5-14(9-13)16(17)18-19/h3-5,9,11-12,15,19H,6-8,10H2,1-2H3,(H2,17,18). The number of ether oxygens (including phenoxy) is 1. The van der Waals surface area contributed by atoms with E-state index in [1.807, 2.05) is 24.3 Å². The van der Waals surface area contributed by atoms with Crippen molar-refractivity contribution in [2.45, 2.75) is 45.8 Å². The molecule has 0 bridgehead atoms. The summed E-state index contributed by atoms with van der Waals surface area (Å²) in [7, 11) is 0. The molecule has 4 heteroatoms. The first-order valence-electron chi connectivity index (χ1n) is 7.27. The Bertz CT molecular complexity index is 463.